The molecule has 2 heterocycles. The topological polar surface area (TPSA) is 61.8 Å². The zero-order chi connectivity index (χ0) is 18.3. The van der Waals surface area contributed by atoms with Gasteiger partial charge in [-0.1, -0.05) is 36.0 Å². The van der Waals surface area contributed by atoms with E-state index in [1.165, 1.54) is 0 Å². The van der Waals surface area contributed by atoms with Crippen LogP contribution in [0.2, 0.25) is 0 Å². The number of aromatic hydroxyl groups is 1. The van der Waals surface area contributed by atoms with Crippen molar-refractivity contribution in [1.82, 2.24) is 5.32 Å². The number of hydrogen-bond acceptors (Lipinski definition) is 6. The number of esters is 1. The van der Waals surface area contributed by atoms with E-state index in [1.54, 1.807) is 36.9 Å². The first kappa shape index (κ1) is 16.8. The molecule has 2 N–H and O–H groups in total. The molecule has 26 heavy (non-hydrogen) atoms. The molecule has 0 saturated heterocycles. The molecule has 0 saturated carbocycles. The molecule has 6 heteroatoms. The quantitative estimate of drug-likeness (QED) is 0.804. The van der Waals surface area contributed by atoms with Crippen LogP contribution in [0.4, 0.5) is 5.69 Å². The third-order valence-electron chi connectivity index (χ3n) is 4.61. The van der Waals surface area contributed by atoms with E-state index in [4.69, 9.17) is 4.74 Å². The van der Waals surface area contributed by atoms with Crippen molar-refractivity contribution in [1.29, 1.82) is 0 Å². The van der Waals surface area contributed by atoms with Gasteiger partial charge in [-0.25, -0.2) is 4.79 Å². The lowest BCUT2D eigenvalue weighted by Crippen LogP contribution is -2.49. The second kappa shape index (κ2) is 6.61. The Balaban J connectivity index is 1.89. The van der Waals surface area contributed by atoms with E-state index in [-0.39, 0.29) is 23.3 Å². The number of para-hydroxylation sites is 1. The second-order valence-electron chi connectivity index (χ2n) is 6.25. The fraction of sp³-hybridized carbons (Fsp3) is 0.250. The molecular formula is C20H20N2O3S. The van der Waals surface area contributed by atoms with E-state index in [9.17, 15) is 9.90 Å². The minimum atomic E-state index is -0.335. The maximum atomic E-state index is 12.8. The third-order valence-corrected chi connectivity index (χ3v) is 5.78. The average Bonchev–Trinajstić information content (AvgIpc) is 2.98. The van der Waals surface area contributed by atoms with Crippen LogP contribution in [0.15, 0.2) is 64.7 Å². The molecule has 2 aromatic rings. The fourth-order valence-electron chi connectivity index (χ4n) is 3.55. The van der Waals surface area contributed by atoms with Crippen molar-refractivity contribution in [3.8, 4) is 5.75 Å². The normalized spacial score (nSPS) is 21.1. The monoisotopic (exact) mass is 368 g/mol. The number of benzene rings is 2. The highest BCUT2D eigenvalue weighted by molar-refractivity contribution is 8.00. The Bertz CT molecular complexity index is 896. The summed E-state index contributed by atoms with van der Waals surface area (Å²) in [5.41, 5.74) is 3.29. The number of nitrogens with one attached hydrogen (secondary N) is 1. The van der Waals surface area contributed by atoms with Gasteiger partial charge in [0, 0.05) is 10.6 Å². The zero-order valence-electron chi connectivity index (χ0n) is 14.6. The molecule has 0 fully saturated rings. The largest absolute Gasteiger partial charge is 0.508 e. The van der Waals surface area contributed by atoms with E-state index >= 15 is 0 Å². The molecular weight excluding hydrogens is 348 g/mol. The van der Waals surface area contributed by atoms with Gasteiger partial charge in [-0.3, -0.25) is 0 Å². The number of rotatable bonds is 3. The highest BCUT2D eigenvalue weighted by Gasteiger charge is 2.44. The van der Waals surface area contributed by atoms with Crippen LogP contribution < -0.4 is 10.2 Å². The smallest absolute Gasteiger partial charge is 0.338 e. The van der Waals surface area contributed by atoms with Crippen LogP contribution in [0.3, 0.4) is 0 Å². The molecule has 5 nitrogen and oxygen atoms in total. The van der Waals surface area contributed by atoms with Crippen molar-refractivity contribution in [2.24, 2.45) is 0 Å². The number of carbonyl (C=O) groups is 1. The fourth-order valence-corrected chi connectivity index (χ4v) is 4.83. The molecule has 2 atom stereocenters. The Kier molecular flexibility index (Phi) is 4.28. The van der Waals surface area contributed by atoms with Gasteiger partial charge in [0.1, 0.15) is 5.75 Å². The number of allylic oxidation sites excluding steroid dienone is 1. The molecule has 134 valence electrons. The van der Waals surface area contributed by atoms with Crippen LogP contribution in [0, 0.1) is 0 Å². The van der Waals surface area contributed by atoms with Gasteiger partial charge in [0.05, 0.1) is 23.9 Å². The molecule has 2 aromatic carbocycles. The van der Waals surface area contributed by atoms with E-state index in [2.05, 4.69) is 22.3 Å². The molecule has 0 spiro atoms. The summed E-state index contributed by atoms with van der Waals surface area (Å²) in [6.07, 6.45) is 0. The summed E-state index contributed by atoms with van der Waals surface area (Å²) in [5.74, 6) is -0.155. The number of carbonyl (C=O) groups excluding carboxylic acids is 1. The van der Waals surface area contributed by atoms with E-state index in [1.807, 2.05) is 25.1 Å². The van der Waals surface area contributed by atoms with Crippen LogP contribution in [-0.4, -0.2) is 23.2 Å². The van der Waals surface area contributed by atoms with Crippen molar-refractivity contribution < 1.29 is 14.6 Å². The Morgan fingerprint density at radius 3 is 2.85 bits per heavy atom. The number of hydrogen-bond donors (Lipinski definition) is 2. The molecule has 2 unspecified atom stereocenters. The van der Waals surface area contributed by atoms with Gasteiger partial charge in [-0.2, -0.15) is 0 Å². The minimum absolute atomic E-state index is 0.0158. The molecule has 0 radical (unpaired) electrons. The summed E-state index contributed by atoms with van der Waals surface area (Å²) in [6, 6.07) is 14.9. The van der Waals surface area contributed by atoms with Crippen molar-refractivity contribution in [3.63, 3.8) is 0 Å². The van der Waals surface area contributed by atoms with Gasteiger partial charge in [-0.05, 0) is 43.7 Å². The summed E-state index contributed by atoms with van der Waals surface area (Å²) in [6.45, 7) is 4.03. The highest BCUT2D eigenvalue weighted by atomic mass is 32.2. The van der Waals surface area contributed by atoms with E-state index in [0.29, 0.717) is 12.2 Å². The Hall–Kier alpha value is -2.60. The van der Waals surface area contributed by atoms with Crippen LogP contribution >= 0.6 is 11.8 Å². The number of ether oxygens (including phenoxy) is 1. The highest BCUT2D eigenvalue weighted by Crippen LogP contribution is 2.51. The van der Waals surface area contributed by atoms with Crippen LogP contribution in [0.1, 0.15) is 25.5 Å². The van der Waals surface area contributed by atoms with Crippen LogP contribution in [-0.2, 0) is 9.53 Å². The van der Waals surface area contributed by atoms with Gasteiger partial charge in [0.2, 0.25) is 0 Å². The maximum absolute atomic E-state index is 12.8. The van der Waals surface area contributed by atoms with Crippen molar-refractivity contribution >= 4 is 23.4 Å². The number of thioether (sulfide) groups is 1. The number of fused-ring (bicyclic) bond motifs is 3. The predicted octanol–water partition coefficient (Wildman–Crippen LogP) is 3.77. The molecule has 0 aliphatic carbocycles. The molecule has 0 bridgehead atoms. The number of anilines is 1. The lowest BCUT2D eigenvalue weighted by Gasteiger charge is -2.41. The van der Waals surface area contributed by atoms with Gasteiger partial charge in [0.25, 0.3) is 0 Å². The van der Waals surface area contributed by atoms with Gasteiger partial charge < -0.3 is 20.1 Å². The van der Waals surface area contributed by atoms with Gasteiger partial charge in [0.15, 0.2) is 5.50 Å². The van der Waals surface area contributed by atoms with Gasteiger partial charge >= 0.3 is 5.97 Å². The Morgan fingerprint density at radius 2 is 2.08 bits per heavy atom. The maximum Gasteiger partial charge on any atom is 0.338 e. The first-order valence-corrected chi connectivity index (χ1v) is 9.45. The van der Waals surface area contributed by atoms with E-state index < -0.39 is 0 Å². The van der Waals surface area contributed by atoms with Crippen LogP contribution in [0.5, 0.6) is 5.75 Å². The molecule has 2 aliphatic heterocycles. The molecule has 0 aromatic heterocycles. The third kappa shape index (κ3) is 2.70. The molecule has 2 aliphatic rings. The molecule has 4 rings (SSSR count). The Labute approximate surface area is 156 Å². The average molecular weight is 368 g/mol. The number of phenolic OH excluding ortho intramolecular Hbond substituents is 1. The number of nitrogens with zero attached hydrogens (tertiary/aromatic N) is 1. The predicted molar refractivity (Wildman–Crippen MR) is 102 cm³/mol. The summed E-state index contributed by atoms with van der Waals surface area (Å²) < 4.78 is 5.34. The summed E-state index contributed by atoms with van der Waals surface area (Å²) >= 11 is 1.72. The lowest BCUT2D eigenvalue weighted by atomic mass is 9.93. The first-order chi connectivity index (χ1) is 12.6. The zero-order valence-corrected chi connectivity index (χ0v) is 15.4. The SMILES string of the molecule is CCOC(=O)C1=C(C)NC2Sc3ccccc3N2C1c1cccc(O)c1. The molecule has 0 amide bonds. The Morgan fingerprint density at radius 1 is 1.27 bits per heavy atom. The van der Waals surface area contributed by atoms with Crippen molar-refractivity contribution in [2.45, 2.75) is 30.3 Å². The van der Waals surface area contributed by atoms with Crippen LogP contribution in [0.25, 0.3) is 0 Å². The summed E-state index contributed by atoms with van der Waals surface area (Å²) in [4.78, 5) is 16.1. The first-order valence-electron chi connectivity index (χ1n) is 8.57. The van der Waals surface area contributed by atoms with Crippen molar-refractivity contribution in [2.75, 3.05) is 11.5 Å². The number of phenols is 1. The van der Waals surface area contributed by atoms with Crippen molar-refractivity contribution in [3.05, 3.63) is 65.4 Å². The lowest BCUT2D eigenvalue weighted by molar-refractivity contribution is -0.139. The second-order valence-corrected chi connectivity index (χ2v) is 7.37. The van der Waals surface area contributed by atoms with E-state index in [0.717, 1.165) is 21.8 Å². The summed E-state index contributed by atoms with van der Waals surface area (Å²) in [5, 5.41) is 13.4. The summed E-state index contributed by atoms with van der Waals surface area (Å²) in [7, 11) is 0. The van der Waals surface area contributed by atoms with Gasteiger partial charge in [-0.15, -0.1) is 0 Å². The standard InChI is InChI=1S/C20H20N2O3S/c1-3-25-19(24)17-12(2)21-20-22(15-9-4-5-10-16(15)26-20)18(17)13-7-6-8-14(23)11-13/h4-11,18,20-21,23H,3H2,1-2H3. The minimum Gasteiger partial charge on any atom is -0.508 e.